The largest absolute Gasteiger partial charge is 0.481 e. The van der Waals surface area contributed by atoms with E-state index < -0.39 is 0 Å². The van der Waals surface area contributed by atoms with Gasteiger partial charge in [0.1, 0.15) is 0 Å². The normalized spacial score (nSPS) is 10.0. The number of nitrogens with two attached hydrogens (primary N) is 1. The van der Waals surface area contributed by atoms with E-state index in [2.05, 4.69) is 26.2 Å². The van der Waals surface area contributed by atoms with Crippen molar-refractivity contribution in [3.8, 4) is 5.88 Å². The number of nitrogens with one attached hydrogen (secondary N) is 1. The zero-order chi connectivity index (χ0) is 12.3. The Morgan fingerprint density at radius 3 is 2.71 bits per heavy atom. The number of anilines is 3. The summed E-state index contributed by atoms with van der Waals surface area (Å²) < 4.78 is 5.94. The van der Waals surface area contributed by atoms with E-state index in [4.69, 9.17) is 10.5 Å². The molecule has 17 heavy (non-hydrogen) atoms. The van der Waals surface area contributed by atoms with Crippen LogP contribution in [-0.4, -0.2) is 12.1 Å². The van der Waals surface area contributed by atoms with Gasteiger partial charge in [0.25, 0.3) is 0 Å². The van der Waals surface area contributed by atoms with Crippen LogP contribution in [-0.2, 0) is 0 Å². The number of methoxy groups -OCH3 is 1. The summed E-state index contributed by atoms with van der Waals surface area (Å²) in [6, 6.07) is 9.35. The Balaban J connectivity index is 2.19. The Kier molecular flexibility index (Phi) is 3.49. The van der Waals surface area contributed by atoms with Crippen molar-refractivity contribution < 1.29 is 4.74 Å². The number of ether oxygens (including phenoxy) is 1. The molecule has 3 N–H and O–H groups in total. The fourth-order valence-electron chi connectivity index (χ4n) is 1.38. The third-order valence-electron chi connectivity index (χ3n) is 2.24. The van der Waals surface area contributed by atoms with Gasteiger partial charge in [0, 0.05) is 10.5 Å². The lowest BCUT2D eigenvalue weighted by Gasteiger charge is -2.09. The molecule has 0 spiro atoms. The second-order valence-corrected chi connectivity index (χ2v) is 4.36. The van der Waals surface area contributed by atoms with Crippen molar-refractivity contribution in [2.24, 2.45) is 0 Å². The van der Waals surface area contributed by atoms with Gasteiger partial charge < -0.3 is 15.8 Å². The van der Waals surface area contributed by atoms with Gasteiger partial charge >= 0.3 is 0 Å². The fraction of sp³-hybridized carbons (Fsp3) is 0.0833. The fourth-order valence-corrected chi connectivity index (χ4v) is 1.76. The van der Waals surface area contributed by atoms with Crippen LogP contribution in [0.25, 0.3) is 0 Å². The number of pyridine rings is 1. The molecule has 0 aliphatic rings. The van der Waals surface area contributed by atoms with E-state index in [0.717, 1.165) is 15.8 Å². The van der Waals surface area contributed by atoms with Crippen molar-refractivity contribution in [2.45, 2.75) is 0 Å². The Bertz CT molecular complexity index is 514. The van der Waals surface area contributed by atoms with Gasteiger partial charge in [-0.25, -0.2) is 4.98 Å². The maximum Gasteiger partial charge on any atom is 0.213 e. The van der Waals surface area contributed by atoms with Crippen LogP contribution in [0.1, 0.15) is 0 Å². The summed E-state index contributed by atoms with van der Waals surface area (Å²) >= 11 is 3.36. The van der Waals surface area contributed by atoms with E-state index in [9.17, 15) is 0 Å². The van der Waals surface area contributed by atoms with E-state index >= 15 is 0 Å². The maximum absolute atomic E-state index is 5.89. The molecule has 2 aromatic rings. The highest BCUT2D eigenvalue weighted by Crippen LogP contribution is 2.26. The number of hydrogen-bond acceptors (Lipinski definition) is 4. The van der Waals surface area contributed by atoms with Gasteiger partial charge in [-0.15, -0.1) is 0 Å². The average molecular weight is 294 g/mol. The van der Waals surface area contributed by atoms with Crippen LogP contribution in [0.15, 0.2) is 41.0 Å². The Morgan fingerprint density at radius 1 is 1.29 bits per heavy atom. The SMILES string of the molecule is COc1ccc(Nc2ccc(Br)cc2N)cn1. The summed E-state index contributed by atoms with van der Waals surface area (Å²) in [5.74, 6) is 0.583. The molecule has 4 nitrogen and oxygen atoms in total. The van der Waals surface area contributed by atoms with Gasteiger partial charge in [-0.1, -0.05) is 15.9 Å². The number of nitrogens with zero attached hydrogens (tertiary/aromatic N) is 1. The molecule has 0 saturated carbocycles. The molecule has 0 fully saturated rings. The van der Waals surface area contributed by atoms with Crippen molar-refractivity contribution in [2.75, 3.05) is 18.2 Å². The molecule has 0 amide bonds. The summed E-state index contributed by atoms with van der Waals surface area (Å²) in [7, 11) is 1.59. The van der Waals surface area contributed by atoms with Gasteiger partial charge in [0.15, 0.2) is 0 Å². The zero-order valence-corrected chi connectivity index (χ0v) is 10.9. The first-order valence-corrected chi connectivity index (χ1v) is 5.80. The molecule has 88 valence electrons. The predicted molar refractivity (Wildman–Crippen MR) is 72.6 cm³/mol. The molecule has 0 aliphatic carbocycles. The summed E-state index contributed by atoms with van der Waals surface area (Å²) in [6.07, 6.45) is 1.69. The summed E-state index contributed by atoms with van der Waals surface area (Å²) in [5.41, 5.74) is 8.27. The lowest BCUT2D eigenvalue weighted by Crippen LogP contribution is -1.97. The van der Waals surface area contributed by atoms with E-state index in [1.54, 1.807) is 19.4 Å². The topological polar surface area (TPSA) is 60.2 Å². The van der Waals surface area contributed by atoms with Gasteiger partial charge in [0.2, 0.25) is 5.88 Å². The lowest BCUT2D eigenvalue weighted by atomic mass is 10.2. The lowest BCUT2D eigenvalue weighted by molar-refractivity contribution is 0.398. The molecule has 5 heteroatoms. The monoisotopic (exact) mass is 293 g/mol. The molecule has 1 aromatic carbocycles. The number of nitrogen functional groups attached to an aromatic ring is 1. The van der Waals surface area contributed by atoms with Crippen LogP contribution in [0.2, 0.25) is 0 Å². The molecule has 1 aromatic heterocycles. The van der Waals surface area contributed by atoms with Gasteiger partial charge in [0.05, 0.1) is 30.4 Å². The first-order chi connectivity index (χ1) is 8.19. The highest BCUT2D eigenvalue weighted by atomic mass is 79.9. The zero-order valence-electron chi connectivity index (χ0n) is 9.27. The Hall–Kier alpha value is -1.75. The van der Waals surface area contributed by atoms with Crippen molar-refractivity contribution in [1.29, 1.82) is 0 Å². The van der Waals surface area contributed by atoms with E-state index in [0.29, 0.717) is 11.6 Å². The van der Waals surface area contributed by atoms with Gasteiger partial charge in [-0.05, 0) is 24.3 Å². The molecule has 0 bridgehead atoms. The molecule has 0 saturated heterocycles. The number of benzene rings is 1. The minimum absolute atomic E-state index is 0.583. The molecular formula is C12H12BrN3O. The van der Waals surface area contributed by atoms with E-state index in [1.807, 2.05) is 24.3 Å². The van der Waals surface area contributed by atoms with Crippen LogP contribution in [0.3, 0.4) is 0 Å². The van der Waals surface area contributed by atoms with Gasteiger partial charge in [-0.2, -0.15) is 0 Å². The molecule has 0 unspecified atom stereocenters. The summed E-state index contributed by atoms with van der Waals surface area (Å²) in [5, 5.41) is 3.19. The van der Waals surface area contributed by atoms with Crippen molar-refractivity contribution in [3.05, 3.63) is 41.0 Å². The smallest absolute Gasteiger partial charge is 0.213 e. The van der Waals surface area contributed by atoms with Crippen LogP contribution in [0.4, 0.5) is 17.1 Å². The van der Waals surface area contributed by atoms with E-state index in [-0.39, 0.29) is 0 Å². The first kappa shape index (κ1) is 11.7. The Labute approximate surface area is 108 Å². The molecule has 0 aliphatic heterocycles. The first-order valence-electron chi connectivity index (χ1n) is 5.01. The summed E-state index contributed by atoms with van der Waals surface area (Å²) in [6.45, 7) is 0. The third-order valence-corrected chi connectivity index (χ3v) is 2.73. The average Bonchev–Trinajstić information content (AvgIpc) is 2.34. The number of hydrogen-bond donors (Lipinski definition) is 2. The van der Waals surface area contributed by atoms with Crippen molar-refractivity contribution in [3.63, 3.8) is 0 Å². The highest BCUT2D eigenvalue weighted by Gasteiger charge is 2.01. The van der Waals surface area contributed by atoms with Crippen LogP contribution in [0.5, 0.6) is 5.88 Å². The summed E-state index contributed by atoms with van der Waals surface area (Å²) in [4.78, 5) is 4.11. The van der Waals surface area contributed by atoms with Crippen LogP contribution in [0, 0.1) is 0 Å². The minimum atomic E-state index is 0.583. The molecule has 2 rings (SSSR count). The quantitative estimate of drug-likeness (QED) is 0.854. The molecular weight excluding hydrogens is 282 g/mol. The number of rotatable bonds is 3. The van der Waals surface area contributed by atoms with Gasteiger partial charge in [-0.3, -0.25) is 0 Å². The second kappa shape index (κ2) is 5.05. The second-order valence-electron chi connectivity index (χ2n) is 3.45. The number of aromatic nitrogens is 1. The third kappa shape index (κ3) is 2.88. The molecule has 1 heterocycles. The highest BCUT2D eigenvalue weighted by molar-refractivity contribution is 9.10. The standard InChI is InChI=1S/C12H12BrN3O/c1-17-12-5-3-9(7-15-12)16-11-4-2-8(13)6-10(11)14/h2-7,16H,14H2,1H3. The van der Waals surface area contributed by atoms with Crippen molar-refractivity contribution in [1.82, 2.24) is 4.98 Å². The maximum atomic E-state index is 5.89. The molecule has 0 atom stereocenters. The minimum Gasteiger partial charge on any atom is -0.481 e. The van der Waals surface area contributed by atoms with Crippen LogP contribution >= 0.6 is 15.9 Å². The van der Waals surface area contributed by atoms with Crippen molar-refractivity contribution >= 4 is 33.0 Å². The Morgan fingerprint density at radius 2 is 2.12 bits per heavy atom. The molecule has 0 radical (unpaired) electrons. The van der Waals surface area contributed by atoms with E-state index in [1.165, 1.54) is 0 Å². The predicted octanol–water partition coefficient (Wildman–Crippen LogP) is 3.18. The number of halogens is 1. The van der Waals surface area contributed by atoms with Crippen LogP contribution < -0.4 is 15.8 Å².